The quantitative estimate of drug-likeness (QED) is 0.846. The van der Waals surface area contributed by atoms with E-state index in [1.807, 2.05) is 13.8 Å². The summed E-state index contributed by atoms with van der Waals surface area (Å²) in [5.74, 6) is 4.72. The van der Waals surface area contributed by atoms with E-state index in [2.05, 4.69) is 11.8 Å². The molecule has 1 aromatic rings. The zero-order chi connectivity index (χ0) is 14.4. The van der Waals surface area contributed by atoms with Gasteiger partial charge in [0.2, 0.25) is 0 Å². The third-order valence-electron chi connectivity index (χ3n) is 2.50. The van der Waals surface area contributed by atoms with Crippen molar-refractivity contribution in [3.63, 3.8) is 0 Å². The van der Waals surface area contributed by atoms with Crippen LogP contribution in [0.2, 0.25) is 0 Å². The number of aliphatic hydroxyl groups excluding tert-OH is 1. The summed E-state index contributed by atoms with van der Waals surface area (Å²) in [6.07, 6.45) is 0. The minimum Gasteiger partial charge on any atom is -0.384 e. The van der Waals surface area contributed by atoms with E-state index in [1.54, 1.807) is 11.9 Å². The SMILES string of the molecule is CC(C)CN(C)C(=O)c1cc(F)ccc1C#CCO. The average Bonchev–Trinajstić information content (AvgIpc) is 2.35. The molecule has 0 bridgehead atoms. The lowest BCUT2D eigenvalue weighted by Gasteiger charge is -2.20. The molecular weight excluding hydrogens is 245 g/mol. The van der Waals surface area contributed by atoms with Crippen molar-refractivity contribution in [3.8, 4) is 11.8 Å². The highest BCUT2D eigenvalue weighted by molar-refractivity contribution is 5.96. The molecule has 1 amide bonds. The fourth-order valence-corrected chi connectivity index (χ4v) is 1.77. The van der Waals surface area contributed by atoms with Crippen LogP contribution in [-0.2, 0) is 0 Å². The van der Waals surface area contributed by atoms with Gasteiger partial charge in [0, 0.05) is 19.2 Å². The molecule has 0 atom stereocenters. The molecule has 0 saturated heterocycles. The summed E-state index contributed by atoms with van der Waals surface area (Å²) in [4.78, 5) is 13.8. The smallest absolute Gasteiger partial charge is 0.254 e. The number of hydrogen-bond donors (Lipinski definition) is 1. The van der Waals surface area contributed by atoms with E-state index in [9.17, 15) is 9.18 Å². The van der Waals surface area contributed by atoms with Crippen LogP contribution in [0, 0.1) is 23.6 Å². The van der Waals surface area contributed by atoms with E-state index < -0.39 is 5.82 Å². The Kier molecular flexibility index (Phi) is 5.53. The van der Waals surface area contributed by atoms with Crippen LogP contribution in [-0.4, -0.2) is 36.1 Å². The molecule has 4 heteroatoms. The van der Waals surface area contributed by atoms with Crippen molar-refractivity contribution in [2.45, 2.75) is 13.8 Å². The molecule has 0 aromatic heterocycles. The van der Waals surface area contributed by atoms with Gasteiger partial charge in [0.25, 0.3) is 5.91 Å². The van der Waals surface area contributed by atoms with E-state index in [1.165, 1.54) is 18.2 Å². The number of aliphatic hydroxyl groups is 1. The second kappa shape index (κ2) is 6.91. The van der Waals surface area contributed by atoms with Crippen LogP contribution < -0.4 is 0 Å². The van der Waals surface area contributed by atoms with Crippen molar-refractivity contribution in [3.05, 3.63) is 35.1 Å². The molecule has 0 aliphatic carbocycles. The van der Waals surface area contributed by atoms with Gasteiger partial charge in [-0.3, -0.25) is 4.79 Å². The molecule has 19 heavy (non-hydrogen) atoms. The van der Waals surface area contributed by atoms with Crippen LogP contribution in [0.25, 0.3) is 0 Å². The van der Waals surface area contributed by atoms with Gasteiger partial charge in [-0.25, -0.2) is 4.39 Å². The number of nitrogens with zero attached hydrogens (tertiary/aromatic N) is 1. The second-order valence-electron chi connectivity index (χ2n) is 4.73. The molecule has 0 fully saturated rings. The Labute approximate surface area is 113 Å². The number of rotatable bonds is 3. The zero-order valence-corrected chi connectivity index (χ0v) is 11.4. The lowest BCUT2D eigenvalue weighted by molar-refractivity contribution is 0.0778. The molecule has 0 saturated carbocycles. The second-order valence-corrected chi connectivity index (χ2v) is 4.73. The van der Waals surface area contributed by atoms with E-state index >= 15 is 0 Å². The lowest BCUT2D eigenvalue weighted by Crippen LogP contribution is -2.30. The molecule has 0 aliphatic heterocycles. The molecule has 3 nitrogen and oxygen atoms in total. The summed E-state index contributed by atoms with van der Waals surface area (Å²) >= 11 is 0. The van der Waals surface area contributed by atoms with Crippen LogP contribution in [0.5, 0.6) is 0 Å². The molecular formula is C15H18FNO2. The van der Waals surface area contributed by atoms with Crippen LogP contribution in [0.1, 0.15) is 29.8 Å². The maximum atomic E-state index is 13.3. The Morgan fingerprint density at radius 2 is 2.16 bits per heavy atom. The highest BCUT2D eigenvalue weighted by Crippen LogP contribution is 2.13. The molecule has 102 valence electrons. The molecule has 0 radical (unpaired) electrons. The predicted molar refractivity (Wildman–Crippen MR) is 72.2 cm³/mol. The number of amides is 1. The molecule has 0 aliphatic rings. The van der Waals surface area contributed by atoms with E-state index in [4.69, 9.17) is 5.11 Å². The van der Waals surface area contributed by atoms with E-state index in [0.29, 0.717) is 18.0 Å². The first-order chi connectivity index (χ1) is 8.95. The standard InChI is InChI=1S/C15H18FNO2/c1-11(2)10-17(3)15(19)14-9-13(16)7-6-12(14)5-4-8-18/h6-7,9,11,18H,8,10H2,1-3H3. The number of carbonyl (C=O) groups is 1. The molecule has 1 N–H and O–H groups in total. The molecule has 1 rings (SSSR count). The largest absolute Gasteiger partial charge is 0.384 e. The summed E-state index contributed by atoms with van der Waals surface area (Å²) in [5, 5.41) is 8.70. The molecule has 0 unspecified atom stereocenters. The fraction of sp³-hybridized carbons (Fsp3) is 0.400. The zero-order valence-electron chi connectivity index (χ0n) is 11.4. The Balaban J connectivity index is 3.09. The van der Waals surface area contributed by atoms with Gasteiger partial charge in [0.15, 0.2) is 0 Å². The topological polar surface area (TPSA) is 40.5 Å². The minimum atomic E-state index is -0.476. The third-order valence-corrected chi connectivity index (χ3v) is 2.50. The van der Waals surface area contributed by atoms with Crippen molar-refractivity contribution in [1.29, 1.82) is 0 Å². The van der Waals surface area contributed by atoms with Gasteiger partial charge in [0.1, 0.15) is 12.4 Å². The normalized spacial score (nSPS) is 10.0. The Morgan fingerprint density at radius 3 is 2.74 bits per heavy atom. The first-order valence-electron chi connectivity index (χ1n) is 6.10. The fourth-order valence-electron chi connectivity index (χ4n) is 1.77. The van der Waals surface area contributed by atoms with Gasteiger partial charge in [-0.1, -0.05) is 25.7 Å². The molecule has 1 aromatic carbocycles. The van der Waals surface area contributed by atoms with Gasteiger partial charge in [0.05, 0.1) is 5.56 Å². The monoisotopic (exact) mass is 263 g/mol. The van der Waals surface area contributed by atoms with Gasteiger partial charge < -0.3 is 10.0 Å². The highest BCUT2D eigenvalue weighted by Gasteiger charge is 2.16. The van der Waals surface area contributed by atoms with Crippen LogP contribution >= 0.6 is 0 Å². The van der Waals surface area contributed by atoms with Gasteiger partial charge in [-0.05, 0) is 24.1 Å². The van der Waals surface area contributed by atoms with Crippen molar-refractivity contribution in [2.75, 3.05) is 20.2 Å². The van der Waals surface area contributed by atoms with Crippen molar-refractivity contribution in [2.24, 2.45) is 5.92 Å². The lowest BCUT2D eigenvalue weighted by atomic mass is 10.1. The van der Waals surface area contributed by atoms with Crippen LogP contribution in [0.4, 0.5) is 4.39 Å². The third kappa shape index (κ3) is 4.38. The Morgan fingerprint density at radius 1 is 1.47 bits per heavy atom. The van der Waals surface area contributed by atoms with Crippen molar-refractivity contribution >= 4 is 5.91 Å². The molecule has 0 heterocycles. The first kappa shape index (κ1) is 15.2. The maximum absolute atomic E-state index is 13.3. The summed E-state index contributed by atoms with van der Waals surface area (Å²) < 4.78 is 13.3. The van der Waals surface area contributed by atoms with E-state index in [-0.39, 0.29) is 18.1 Å². The average molecular weight is 263 g/mol. The number of hydrogen-bond acceptors (Lipinski definition) is 2. The summed E-state index contributed by atoms with van der Waals surface area (Å²) in [5.41, 5.74) is 0.653. The first-order valence-corrected chi connectivity index (χ1v) is 6.10. The van der Waals surface area contributed by atoms with Crippen molar-refractivity contribution in [1.82, 2.24) is 4.90 Å². The summed E-state index contributed by atoms with van der Waals surface area (Å²) in [6.45, 7) is 4.29. The summed E-state index contributed by atoms with van der Waals surface area (Å²) in [6, 6.07) is 3.88. The van der Waals surface area contributed by atoms with Gasteiger partial charge >= 0.3 is 0 Å². The number of halogens is 1. The molecule has 0 spiro atoms. The predicted octanol–water partition coefficient (Wildman–Crippen LogP) is 1.90. The van der Waals surface area contributed by atoms with Crippen LogP contribution in [0.15, 0.2) is 18.2 Å². The highest BCUT2D eigenvalue weighted by atomic mass is 19.1. The van der Waals surface area contributed by atoms with Crippen molar-refractivity contribution < 1.29 is 14.3 Å². The Hall–Kier alpha value is -1.86. The minimum absolute atomic E-state index is 0.226. The van der Waals surface area contributed by atoms with Gasteiger partial charge in [-0.2, -0.15) is 0 Å². The van der Waals surface area contributed by atoms with Gasteiger partial charge in [-0.15, -0.1) is 0 Å². The summed E-state index contributed by atoms with van der Waals surface area (Å²) in [7, 11) is 1.68. The van der Waals surface area contributed by atoms with E-state index in [0.717, 1.165) is 0 Å². The maximum Gasteiger partial charge on any atom is 0.254 e. The number of benzene rings is 1. The Bertz CT molecular complexity index is 515. The van der Waals surface area contributed by atoms with Crippen LogP contribution in [0.3, 0.4) is 0 Å². The number of carbonyl (C=O) groups excluding carboxylic acids is 1.